The summed E-state index contributed by atoms with van der Waals surface area (Å²) >= 11 is 0. The number of piperidine rings is 1. The molecule has 0 aromatic rings. The summed E-state index contributed by atoms with van der Waals surface area (Å²) < 4.78 is 4.55. The van der Waals surface area contributed by atoms with E-state index in [4.69, 9.17) is 0 Å². The molecule has 90 valence electrons. The van der Waals surface area contributed by atoms with E-state index in [1.165, 1.54) is 25.9 Å². The summed E-state index contributed by atoms with van der Waals surface area (Å²) in [5.74, 6) is 0.939. The van der Waals surface area contributed by atoms with Gasteiger partial charge in [0, 0.05) is 6.54 Å². The van der Waals surface area contributed by atoms with Gasteiger partial charge in [-0.25, -0.2) is 0 Å². The molecule has 0 radical (unpaired) electrons. The highest BCUT2D eigenvalue weighted by atomic mass is 16.5. The average Bonchev–Trinajstić information content (AvgIpc) is 2.01. The van der Waals surface area contributed by atoms with Crippen LogP contribution in [0.15, 0.2) is 0 Å². The molecular formula is C12H25NO2. The van der Waals surface area contributed by atoms with E-state index in [9.17, 15) is 4.79 Å². The van der Waals surface area contributed by atoms with Crippen LogP contribution in [-0.2, 0) is 9.53 Å². The molecule has 1 rings (SSSR count). The molecule has 0 aliphatic carbocycles. The lowest BCUT2D eigenvalue weighted by molar-refractivity contribution is -0.138. The van der Waals surface area contributed by atoms with Crippen LogP contribution in [0.2, 0.25) is 0 Å². The third-order valence-corrected chi connectivity index (χ3v) is 2.26. The summed E-state index contributed by atoms with van der Waals surface area (Å²) in [6, 6.07) is 0. The standard InChI is InChI=1S/C7H15N.C5H10O2/c1-7-4-3-5-8(2)6-7;1-5(2,3)7-4-6/h7H,3-6H2,1-2H3;4H,1-3H3. The molecule has 0 aromatic heterocycles. The van der Waals surface area contributed by atoms with Crippen molar-refractivity contribution in [2.24, 2.45) is 5.92 Å². The first-order chi connectivity index (χ1) is 6.85. The molecule has 1 heterocycles. The highest BCUT2D eigenvalue weighted by Gasteiger charge is 2.11. The van der Waals surface area contributed by atoms with Crippen LogP contribution < -0.4 is 0 Å². The number of carbonyl (C=O) groups excluding carboxylic acids is 1. The lowest BCUT2D eigenvalue weighted by Gasteiger charge is -2.26. The Hall–Kier alpha value is -0.570. The summed E-state index contributed by atoms with van der Waals surface area (Å²) in [6.45, 7) is 10.9. The van der Waals surface area contributed by atoms with E-state index < -0.39 is 0 Å². The Balaban J connectivity index is 0.000000265. The fraction of sp³-hybridized carbons (Fsp3) is 0.917. The van der Waals surface area contributed by atoms with Crippen molar-refractivity contribution in [2.45, 2.75) is 46.1 Å². The van der Waals surface area contributed by atoms with Gasteiger partial charge in [0.15, 0.2) is 0 Å². The number of rotatable bonds is 1. The first kappa shape index (κ1) is 14.4. The zero-order valence-electron chi connectivity index (χ0n) is 10.7. The zero-order valence-corrected chi connectivity index (χ0v) is 10.7. The van der Waals surface area contributed by atoms with Crippen LogP contribution in [0.1, 0.15) is 40.5 Å². The average molecular weight is 215 g/mol. The van der Waals surface area contributed by atoms with Gasteiger partial charge in [0.2, 0.25) is 0 Å². The monoisotopic (exact) mass is 215 g/mol. The second-order valence-corrected chi connectivity index (χ2v) is 5.34. The van der Waals surface area contributed by atoms with E-state index in [-0.39, 0.29) is 5.60 Å². The van der Waals surface area contributed by atoms with E-state index in [0.717, 1.165) is 5.92 Å². The maximum absolute atomic E-state index is 9.60. The molecule has 0 aromatic carbocycles. The Morgan fingerprint density at radius 1 is 1.40 bits per heavy atom. The van der Waals surface area contributed by atoms with E-state index in [2.05, 4.69) is 23.6 Å². The zero-order chi connectivity index (χ0) is 11.9. The van der Waals surface area contributed by atoms with Crippen LogP contribution in [0, 0.1) is 5.92 Å². The van der Waals surface area contributed by atoms with Crippen LogP contribution in [0.5, 0.6) is 0 Å². The minimum Gasteiger partial charge on any atom is -0.462 e. The summed E-state index contributed by atoms with van der Waals surface area (Å²) in [5.41, 5.74) is -0.318. The summed E-state index contributed by atoms with van der Waals surface area (Å²) in [4.78, 5) is 12.0. The number of nitrogens with zero attached hydrogens (tertiary/aromatic N) is 1. The minimum atomic E-state index is -0.318. The lowest BCUT2D eigenvalue weighted by Crippen LogP contribution is -2.30. The quantitative estimate of drug-likeness (QED) is 0.629. The molecule has 1 aliphatic rings. The smallest absolute Gasteiger partial charge is 0.293 e. The predicted molar refractivity (Wildman–Crippen MR) is 62.8 cm³/mol. The van der Waals surface area contributed by atoms with Crippen molar-refractivity contribution in [1.82, 2.24) is 4.90 Å². The normalized spacial score (nSPS) is 22.6. The van der Waals surface area contributed by atoms with Crippen LogP contribution >= 0.6 is 0 Å². The van der Waals surface area contributed by atoms with Gasteiger partial charge in [-0.2, -0.15) is 0 Å². The minimum absolute atomic E-state index is 0.318. The molecule has 15 heavy (non-hydrogen) atoms. The SMILES string of the molecule is CC(C)(C)OC=O.CC1CCCN(C)C1. The Bertz CT molecular complexity index is 167. The summed E-state index contributed by atoms with van der Waals surface area (Å²) in [5, 5.41) is 0. The van der Waals surface area contributed by atoms with Crippen molar-refractivity contribution >= 4 is 6.47 Å². The van der Waals surface area contributed by atoms with Crippen LogP contribution in [0.3, 0.4) is 0 Å². The first-order valence-electron chi connectivity index (χ1n) is 5.65. The van der Waals surface area contributed by atoms with E-state index in [1.807, 2.05) is 20.8 Å². The molecule has 3 heteroatoms. The first-order valence-corrected chi connectivity index (χ1v) is 5.65. The van der Waals surface area contributed by atoms with Crippen molar-refractivity contribution in [2.75, 3.05) is 20.1 Å². The molecule has 0 N–H and O–H groups in total. The van der Waals surface area contributed by atoms with Crippen molar-refractivity contribution in [3.05, 3.63) is 0 Å². The molecule has 1 saturated heterocycles. The molecule has 3 nitrogen and oxygen atoms in total. The third-order valence-electron chi connectivity index (χ3n) is 2.26. The Kier molecular flexibility index (Phi) is 6.57. The van der Waals surface area contributed by atoms with Gasteiger partial charge < -0.3 is 9.64 Å². The van der Waals surface area contributed by atoms with Crippen LogP contribution in [0.4, 0.5) is 0 Å². The second kappa shape index (κ2) is 6.83. The highest BCUT2D eigenvalue weighted by Crippen LogP contribution is 2.12. The van der Waals surface area contributed by atoms with Gasteiger partial charge in [-0.1, -0.05) is 6.92 Å². The Morgan fingerprint density at radius 2 is 2.00 bits per heavy atom. The number of carbonyl (C=O) groups is 1. The van der Waals surface area contributed by atoms with Gasteiger partial charge in [-0.3, -0.25) is 4.79 Å². The van der Waals surface area contributed by atoms with E-state index >= 15 is 0 Å². The molecule has 0 spiro atoms. The molecule has 1 fully saturated rings. The van der Waals surface area contributed by atoms with Crippen LogP contribution in [-0.4, -0.2) is 37.1 Å². The van der Waals surface area contributed by atoms with E-state index in [0.29, 0.717) is 6.47 Å². The van der Waals surface area contributed by atoms with Gasteiger partial charge in [-0.05, 0) is 53.1 Å². The summed E-state index contributed by atoms with van der Waals surface area (Å²) in [6.07, 6.45) is 2.84. The number of hydrogen-bond donors (Lipinski definition) is 0. The Labute approximate surface area is 93.8 Å². The number of hydrogen-bond acceptors (Lipinski definition) is 3. The molecule has 1 atom stereocenters. The van der Waals surface area contributed by atoms with Gasteiger partial charge in [-0.15, -0.1) is 0 Å². The Morgan fingerprint density at radius 3 is 2.20 bits per heavy atom. The van der Waals surface area contributed by atoms with Gasteiger partial charge in [0.1, 0.15) is 5.60 Å². The second-order valence-electron chi connectivity index (χ2n) is 5.34. The maximum atomic E-state index is 9.60. The third kappa shape index (κ3) is 9.73. The fourth-order valence-electron chi connectivity index (χ4n) is 1.57. The molecule has 0 saturated carbocycles. The number of ether oxygens (including phenoxy) is 1. The largest absolute Gasteiger partial charge is 0.462 e. The molecular weight excluding hydrogens is 190 g/mol. The van der Waals surface area contributed by atoms with Gasteiger partial charge in [0.05, 0.1) is 0 Å². The van der Waals surface area contributed by atoms with Crippen LogP contribution in [0.25, 0.3) is 0 Å². The van der Waals surface area contributed by atoms with Crippen molar-refractivity contribution in [1.29, 1.82) is 0 Å². The summed E-state index contributed by atoms with van der Waals surface area (Å²) in [7, 11) is 2.20. The van der Waals surface area contributed by atoms with Crippen molar-refractivity contribution in [3.8, 4) is 0 Å². The highest BCUT2D eigenvalue weighted by molar-refractivity contribution is 5.37. The van der Waals surface area contributed by atoms with Crippen molar-refractivity contribution < 1.29 is 9.53 Å². The molecule has 0 bridgehead atoms. The lowest BCUT2D eigenvalue weighted by atomic mass is 10.0. The topological polar surface area (TPSA) is 29.5 Å². The van der Waals surface area contributed by atoms with E-state index in [1.54, 1.807) is 0 Å². The maximum Gasteiger partial charge on any atom is 0.293 e. The predicted octanol–water partition coefficient (Wildman–Crippen LogP) is 2.31. The number of likely N-dealkylation sites (tertiary alicyclic amines) is 1. The van der Waals surface area contributed by atoms with Gasteiger partial charge in [0.25, 0.3) is 6.47 Å². The van der Waals surface area contributed by atoms with Gasteiger partial charge >= 0.3 is 0 Å². The molecule has 0 amide bonds. The fourth-order valence-corrected chi connectivity index (χ4v) is 1.57. The molecule has 1 aliphatic heterocycles. The van der Waals surface area contributed by atoms with Crippen molar-refractivity contribution in [3.63, 3.8) is 0 Å². The molecule has 1 unspecified atom stereocenters.